The van der Waals surface area contributed by atoms with E-state index < -0.39 is 10.0 Å². The summed E-state index contributed by atoms with van der Waals surface area (Å²) in [5, 5.41) is 9.77. The van der Waals surface area contributed by atoms with Crippen LogP contribution >= 0.6 is 22.9 Å². The van der Waals surface area contributed by atoms with Gasteiger partial charge in [0.15, 0.2) is 5.13 Å². The summed E-state index contributed by atoms with van der Waals surface area (Å²) >= 11 is 7.12. The van der Waals surface area contributed by atoms with E-state index in [4.69, 9.17) is 16.7 Å². The third kappa shape index (κ3) is 3.12. The predicted molar refractivity (Wildman–Crippen MR) is 79.8 cm³/mol. The molecule has 0 aliphatic carbocycles. The molecular weight excluding hydrogens is 320 g/mol. The zero-order valence-corrected chi connectivity index (χ0v) is 13.2. The van der Waals surface area contributed by atoms with Crippen molar-refractivity contribution in [3.05, 3.63) is 39.4 Å². The number of anilines is 1. The lowest BCUT2D eigenvalue weighted by molar-refractivity contribution is 0.281. The zero-order valence-electron chi connectivity index (χ0n) is 10.8. The molecular formula is C12H13ClN2O3S2. The number of rotatable bonds is 4. The van der Waals surface area contributed by atoms with Gasteiger partial charge in [0, 0.05) is 9.90 Å². The van der Waals surface area contributed by atoms with Crippen LogP contribution in [0, 0.1) is 13.8 Å². The van der Waals surface area contributed by atoms with Gasteiger partial charge in [-0.05, 0) is 37.6 Å². The minimum Gasteiger partial charge on any atom is -0.392 e. The fraction of sp³-hybridized carbons (Fsp3) is 0.250. The molecule has 0 bridgehead atoms. The number of hydrogen-bond donors (Lipinski definition) is 2. The molecule has 0 saturated heterocycles. The van der Waals surface area contributed by atoms with E-state index in [2.05, 4.69) is 9.71 Å². The topological polar surface area (TPSA) is 79.3 Å². The number of hydrogen-bond acceptors (Lipinski definition) is 5. The molecule has 0 saturated carbocycles. The van der Waals surface area contributed by atoms with Crippen LogP contribution in [0.15, 0.2) is 23.1 Å². The van der Waals surface area contributed by atoms with Gasteiger partial charge in [0.1, 0.15) is 0 Å². The highest BCUT2D eigenvalue weighted by Gasteiger charge is 2.18. The van der Waals surface area contributed by atoms with Gasteiger partial charge in [-0.25, -0.2) is 13.4 Å². The smallest absolute Gasteiger partial charge is 0.263 e. The SMILES string of the molecule is Cc1nc(NS(=O)(=O)c2ccc(Cl)c(CO)c2)sc1C. The highest BCUT2D eigenvalue weighted by atomic mass is 35.5. The van der Waals surface area contributed by atoms with Crippen molar-refractivity contribution in [1.82, 2.24) is 4.98 Å². The molecule has 0 aliphatic heterocycles. The standard InChI is InChI=1S/C12H13ClN2O3S2/c1-7-8(2)19-12(14-7)15-20(17,18)10-3-4-11(13)9(5-10)6-16/h3-5,16H,6H2,1-2H3,(H,14,15). The summed E-state index contributed by atoms with van der Waals surface area (Å²) in [6.45, 7) is 3.37. The van der Waals surface area contributed by atoms with E-state index in [9.17, 15) is 8.42 Å². The van der Waals surface area contributed by atoms with Crippen LogP contribution in [0.1, 0.15) is 16.1 Å². The molecule has 5 nitrogen and oxygen atoms in total. The normalized spacial score (nSPS) is 11.6. The molecule has 0 aliphatic rings. The molecule has 8 heteroatoms. The van der Waals surface area contributed by atoms with E-state index in [1.54, 1.807) is 0 Å². The van der Waals surface area contributed by atoms with Gasteiger partial charge in [-0.2, -0.15) is 0 Å². The van der Waals surface area contributed by atoms with Crippen LogP contribution in [0.3, 0.4) is 0 Å². The Morgan fingerprint density at radius 1 is 1.40 bits per heavy atom. The Kier molecular flexibility index (Phi) is 4.33. The van der Waals surface area contributed by atoms with Crippen molar-refractivity contribution in [3.63, 3.8) is 0 Å². The second-order valence-corrected chi connectivity index (χ2v) is 7.47. The maximum atomic E-state index is 12.2. The Balaban J connectivity index is 2.35. The average Bonchev–Trinajstić information content (AvgIpc) is 2.67. The second kappa shape index (κ2) is 5.69. The van der Waals surface area contributed by atoms with Gasteiger partial charge in [-0.15, -0.1) is 11.3 Å². The summed E-state index contributed by atoms with van der Waals surface area (Å²) in [5.41, 5.74) is 1.15. The molecule has 2 rings (SSSR count). The number of aromatic nitrogens is 1. The number of sulfonamides is 1. The number of benzene rings is 1. The highest BCUT2D eigenvalue weighted by Crippen LogP contribution is 2.26. The number of aliphatic hydroxyl groups is 1. The van der Waals surface area contributed by atoms with Gasteiger partial charge in [0.05, 0.1) is 17.2 Å². The van der Waals surface area contributed by atoms with Gasteiger partial charge in [-0.3, -0.25) is 4.72 Å². The third-order valence-corrected chi connectivity index (χ3v) is 5.57. The van der Waals surface area contributed by atoms with Crippen molar-refractivity contribution in [3.8, 4) is 0 Å². The lowest BCUT2D eigenvalue weighted by atomic mass is 10.2. The quantitative estimate of drug-likeness (QED) is 0.902. The molecule has 1 aromatic carbocycles. The molecule has 0 spiro atoms. The maximum Gasteiger partial charge on any atom is 0.263 e. The van der Waals surface area contributed by atoms with Crippen LogP contribution in [-0.4, -0.2) is 18.5 Å². The number of aliphatic hydroxyl groups excluding tert-OH is 1. The summed E-state index contributed by atoms with van der Waals surface area (Å²) in [4.78, 5) is 5.13. The van der Waals surface area contributed by atoms with Gasteiger partial charge < -0.3 is 5.11 Å². The van der Waals surface area contributed by atoms with Crippen LogP contribution in [0.5, 0.6) is 0 Å². The second-order valence-electron chi connectivity index (χ2n) is 4.18. The summed E-state index contributed by atoms with van der Waals surface area (Å²) in [5.74, 6) is 0. The molecule has 1 aromatic heterocycles. The lowest BCUT2D eigenvalue weighted by Gasteiger charge is -2.07. The molecule has 0 fully saturated rings. The average molecular weight is 333 g/mol. The Labute approximate surface area is 126 Å². The molecule has 2 N–H and O–H groups in total. The number of halogens is 1. The fourth-order valence-electron chi connectivity index (χ4n) is 1.53. The predicted octanol–water partition coefficient (Wildman–Crippen LogP) is 2.71. The van der Waals surface area contributed by atoms with Crippen LogP contribution in [-0.2, 0) is 16.6 Å². The molecule has 20 heavy (non-hydrogen) atoms. The lowest BCUT2D eigenvalue weighted by Crippen LogP contribution is -2.13. The van der Waals surface area contributed by atoms with Crippen LogP contribution < -0.4 is 4.72 Å². The monoisotopic (exact) mass is 332 g/mol. The van der Waals surface area contributed by atoms with E-state index in [1.807, 2.05) is 13.8 Å². The molecule has 0 unspecified atom stereocenters. The largest absolute Gasteiger partial charge is 0.392 e. The summed E-state index contributed by atoms with van der Waals surface area (Å²) < 4.78 is 26.9. The van der Waals surface area contributed by atoms with Crippen LogP contribution in [0.2, 0.25) is 5.02 Å². The van der Waals surface area contributed by atoms with E-state index in [1.165, 1.54) is 29.5 Å². The molecule has 108 valence electrons. The van der Waals surface area contributed by atoms with Crippen LogP contribution in [0.4, 0.5) is 5.13 Å². The molecule has 1 heterocycles. The third-order valence-electron chi connectivity index (χ3n) is 2.75. The Morgan fingerprint density at radius 3 is 2.65 bits per heavy atom. The van der Waals surface area contributed by atoms with Crippen molar-refractivity contribution in [1.29, 1.82) is 0 Å². The van der Waals surface area contributed by atoms with E-state index in [0.717, 1.165) is 10.6 Å². The number of thiazole rings is 1. The van der Waals surface area contributed by atoms with Crippen LogP contribution in [0.25, 0.3) is 0 Å². The van der Waals surface area contributed by atoms with Crippen molar-refractivity contribution >= 4 is 38.1 Å². The summed E-state index contributed by atoms with van der Waals surface area (Å²) in [6.07, 6.45) is 0. The van der Waals surface area contributed by atoms with E-state index in [0.29, 0.717) is 15.7 Å². The first-order valence-corrected chi connectivity index (χ1v) is 8.37. The fourth-order valence-corrected chi connectivity index (χ4v) is 3.81. The molecule has 2 aromatic rings. The van der Waals surface area contributed by atoms with Gasteiger partial charge in [0.2, 0.25) is 0 Å². The Bertz CT molecular complexity index is 722. The minimum atomic E-state index is -3.74. The molecule has 0 atom stereocenters. The molecule has 0 radical (unpaired) electrons. The van der Waals surface area contributed by atoms with Crippen molar-refractivity contribution in [2.75, 3.05) is 4.72 Å². The van der Waals surface area contributed by atoms with E-state index >= 15 is 0 Å². The zero-order chi connectivity index (χ0) is 14.9. The van der Waals surface area contributed by atoms with Gasteiger partial charge in [-0.1, -0.05) is 11.6 Å². The summed E-state index contributed by atoms with van der Waals surface area (Å²) in [7, 11) is -3.74. The van der Waals surface area contributed by atoms with Crippen molar-refractivity contribution in [2.24, 2.45) is 0 Å². The Hall–Kier alpha value is -1.15. The first-order chi connectivity index (χ1) is 9.33. The number of nitrogens with zero attached hydrogens (tertiary/aromatic N) is 1. The van der Waals surface area contributed by atoms with Gasteiger partial charge in [0.25, 0.3) is 10.0 Å². The van der Waals surface area contributed by atoms with Crippen molar-refractivity contribution in [2.45, 2.75) is 25.3 Å². The first kappa shape index (κ1) is 15.2. The Morgan fingerprint density at radius 2 is 2.10 bits per heavy atom. The minimum absolute atomic E-state index is 0.0384. The number of aryl methyl sites for hydroxylation is 2. The maximum absolute atomic E-state index is 12.2. The summed E-state index contributed by atoms with van der Waals surface area (Å²) in [6, 6.07) is 4.18. The van der Waals surface area contributed by atoms with E-state index in [-0.39, 0.29) is 11.5 Å². The highest BCUT2D eigenvalue weighted by molar-refractivity contribution is 7.93. The first-order valence-electron chi connectivity index (χ1n) is 5.69. The molecule has 0 amide bonds. The number of nitrogens with one attached hydrogen (secondary N) is 1. The van der Waals surface area contributed by atoms with Crippen molar-refractivity contribution < 1.29 is 13.5 Å². The van der Waals surface area contributed by atoms with Gasteiger partial charge >= 0.3 is 0 Å².